The topological polar surface area (TPSA) is 106 Å². The fourth-order valence-electron chi connectivity index (χ4n) is 3.21. The van der Waals surface area contributed by atoms with E-state index in [1.54, 1.807) is 0 Å². The summed E-state index contributed by atoms with van der Waals surface area (Å²) in [6.07, 6.45) is 0. The fraction of sp³-hybridized carbons (Fsp3) is 0.174. The zero-order chi connectivity index (χ0) is 21.7. The number of primary sulfonamides is 1. The quantitative estimate of drug-likeness (QED) is 0.542. The lowest BCUT2D eigenvalue weighted by Crippen LogP contribution is -2.92. The van der Waals surface area contributed by atoms with Gasteiger partial charge in [0.05, 0.1) is 4.90 Å². The van der Waals surface area contributed by atoms with Crippen LogP contribution in [0.3, 0.4) is 0 Å². The van der Waals surface area contributed by atoms with E-state index in [0.29, 0.717) is 5.69 Å². The van der Waals surface area contributed by atoms with Crippen molar-refractivity contribution in [3.63, 3.8) is 0 Å². The third-order valence-corrected chi connectivity index (χ3v) is 5.87. The van der Waals surface area contributed by atoms with E-state index in [0.717, 1.165) is 11.1 Å². The summed E-state index contributed by atoms with van der Waals surface area (Å²) < 4.78 is 22.7. The van der Waals surface area contributed by atoms with E-state index in [2.05, 4.69) is 41.7 Å². The maximum Gasteiger partial charge on any atom is 0.282 e. The van der Waals surface area contributed by atoms with Crippen LogP contribution >= 0.6 is 0 Å². The Morgan fingerprint density at radius 3 is 2.03 bits per heavy atom. The lowest BCUT2D eigenvalue weighted by atomic mass is 9.97. The van der Waals surface area contributed by atoms with Crippen LogP contribution < -0.4 is 15.8 Å². The molecule has 3 rings (SSSR count). The van der Waals surface area contributed by atoms with Crippen LogP contribution in [-0.4, -0.2) is 20.4 Å². The third kappa shape index (κ3) is 5.54. The number of nitrogens with one attached hydrogen (secondary N) is 1. The molecule has 0 aliphatic rings. The predicted molar refractivity (Wildman–Crippen MR) is 117 cm³/mol. The average molecular weight is 425 g/mol. The van der Waals surface area contributed by atoms with Gasteiger partial charge in [0.1, 0.15) is 6.04 Å². The molecule has 6 nitrogen and oxygen atoms in total. The molecule has 3 aromatic carbocycles. The molecule has 2 atom stereocenters. The van der Waals surface area contributed by atoms with Gasteiger partial charge in [-0.2, -0.15) is 0 Å². The summed E-state index contributed by atoms with van der Waals surface area (Å²) in [6.45, 7) is 3.89. The molecule has 0 bridgehead atoms. The van der Waals surface area contributed by atoms with Crippen molar-refractivity contribution in [2.45, 2.75) is 30.8 Å². The number of nitrogens with two attached hydrogens (primary N) is 2. The van der Waals surface area contributed by atoms with Gasteiger partial charge in [0.25, 0.3) is 5.91 Å². The van der Waals surface area contributed by atoms with E-state index < -0.39 is 10.0 Å². The number of aryl methyl sites for hydroxylation is 1. The van der Waals surface area contributed by atoms with E-state index in [4.69, 9.17) is 5.14 Å². The summed E-state index contributed by atoms with van der Waals surface area (Å²) in [6, 6.07) is 23.7. The Morgan fingerprint density at radius 2 is 1.47 bits per heavy atom. The normalized spacial score (nSPS) is 13.4. The number of hydrogen-bond donors (Lipinski definition) is 3. The Balaban J connectivity index is 1.75. The second-order valence-corrected chi connectivity index (χ2v) is 8.90. The zero-order valence-corrected chi connectivity index (χ0v) is 17.8. The minimum Gasteiger partial charge on any atom is -0.326 e. The highest BCUT2D eigenvalue weighted by Crippen LogP contribution is 2.19. The van der Waals surface area contributed by atoms with Crippen LogP contribution in [0, 0.1) is 6.92 Å². The van der Waals surface area contributed by atoms with Gasteiger partial charge in [-0.25, -0.2) is 13.6 Å². The molecule has 0 radical (unpaired) electrons. The summed E-state index contributed by atoms with van der Waals surface area (Å²) in [4.78, 5) is 12.8. The smallest absolute Gasteiger partial charge is 0.282 e. The van der Waals surface area contributed by atoms with Crippen LogP contribution in [0.25, 0.3) is 0 Å². The van der Waals surface area contributed by atoms with E-state index in [-0.39, 0.29) is 22.9 Å². The largest absolute Gasteiger partial charge is 0.326 e. The number of rotatable bonds is 7. The molecule has 0 aromatic heterocycles. The maximum atomic E-state index is 12.8. The number of benzene rings is 3. The first-order valence-electron chi connectivity index (χ1n) is 9.64. The molecule has 0 heterocycles. The SMILES string of the molecule is Cc1ccc([C@@H]([NH2+][C@H](C)C(=O)Nc2ccc(S(N)(=O)=O)cc2)c2ccccc2)cc1. The van der Waals surface area contributed by atoms with Gasteiger partial charge in [0.2, 0.25) is 10.0 Å². The van der Waals surface area contributed by atoms with Crippen LogP contribution in [0.4, 0.5) is 5.69 Å². The van der Waals surface area contributed by atoms with Crippen molar-refractivity contribution in [3.8, 4) is 0 Å². The molecule has 0 spiro atoms. The van der Waals surface area contributed by atoms with Crippen molar-refractivity contribution in [2.75, 3.05) is 5.32 Å². The molecule has 30 heavy (non-hydrogen) atoms. The average Bonchev–Trinajstić information content (AvgIpc) is 2.73. The molecule has 0 saturated heterocycles. The number of amides is 1. The summed E-state index contributed by atoms with van der Waals surface area (Å²) in [5.41, 5.74) is 3.92. The van der Waals surface area contributed by atoms with Crippen LogP contribution in [0.5, 0.6) is 0 Å². The van der Waals surface area contributed by atoms with E-state index in [1.807, 2.05) is 37.4 Å². The first kappa shape index (κ1) is 21.7. The number of sulfonamides is 1. The van der Waals surface area contributed by atoms with Gasteiger partial charge in [-0.3, -0.25) is 4.79 Å². The molecule has 156 valence electrons. The summed E-state index contributed by atoms with van der Waals surface area (Å²) in [5.74, 6) is -0.175. The van der Waals surface area contributed by atoms with Gasteiger partial charge in [-0.1, -0.05) is 60.2 Å². The molecule has 0 fully saturated rings. The van der Waals surface area contributed by atoms with Crippen LogP contribution in [0.1, 0.15) is 29.7 Å². The number of anilines is 1. The lowest BCUT2D eigenvalue weighted by Gasteiger charge is -2.21. The van der Waals surface area contributed by atoms with E-state index >= 15 is 0 Å². The molecule has 5 N–H and O–H groups in total. The number of hydrogen-bond acceptors (Lipinski definition) is 3. The second-order valence-electron chi connectivity index (χ2n) is 7.34. The number of quaternary nitrogens is 1. The Hall–Kier alpha value is -3.00. The Bertz CT molecular complexity index is 1100. The van der Waals surface area contributed by atoms with Crippen molar-refractivity contribution < 1.29 is 18.5 Å². The summed E-state index contributed by atoms with van der Waals surface area (Å²) >= 11 is 0. The van der Waals surface area contributed by atoms with Gasteiger partial charge < -0.3 is 10.6 Å². The van der Waals surface area contributed by atoms with E-state index in [1.165, 1.54) is 29.8 Å². The van der Waals surface area contributed by atoms with Gasteiger partial charge in [-0.05, 0) is 38.1 Å². The Kier molecular flexibility index (Phi) is 6.66. The number of carbonyl (C=O) groups is 1. The van der Waals surface area contributed by atoms with Crippen LogP contribution in [0.2, 0.25) is 0 Å². The molecule has 0 aliphatic heterocycles. The standard InChI is InChI=1S/C23H25N3O3S/c1-16-8-10-19(11-9-16)22(18-6-4-3-5-7-18)25-17(2)23(27)26-20-12-14-21(15-13-20)30(24,28)29/h3-15,17,22,25H,1-2H3,(H,26,27)(H2,24,28,29)/p+1/t17-,22+/m1/s1. The van der Waals surface area contributed by atoms with Crippen LogP contribution in [0.15, 0.2) is 83.8 Å². The first-order chi connectivity index (χ1) is 14.2. The minimum absolute atomic E-state index is 0.00335. The molecule has 3 aromatic rings. The molecular weight excluding hydrogens is 398 g/mol. The fourth-order valence-corrected chi connectivity index (χ4v) is 3.72. The van der Waals surface area contributed by atoms with Gasteiger partial charge in [0, 0.05) is 16.8 Å². The highest BCUT2D eigenvalue weighted by Gasteiger charge is 2.25. The summed E-state index contributed by atoms with van der Waals surface area (Å²) in [7, 11) is -3.76. The van der Waals surface area contributed by atoms with Gasteiger partial charge in [0.15, 0.2) is 6.04 Å². The van der Waals surface area contributed by atoms with Gasteiger partial charge in [-0.15, -0.1) is 0 Å². The van der Waals surface area contributed by atoms with Crippen LogP contribution in [-0.2, 0) is 14.8 Å². The maximum absolute atomic E-state index is 12.8. The van der Waals surface area contributed by atoms with Gasteiger partial charge >= 0.3 is 0 Å². The highest BCUT2D eigenvalue weighted by molar-refractivity contribution is 7.89. The molecule has 0 unspecified atom stereocenters. The minimum atomic E-state index is -3.76. The lowest BCUT2D eigenvalue weighted by molar-refractivity contribution is -0.704. The number of carbonyl (C=O) groups excluding carboxylic acids is 1. The molecule has 0 saturated carbocycles. The summed E-state index contributed by atoms with van der Waals surface area (Å²) in [5, 5.41) is 9.96. The Morgan fingerprint density at radius 1 is 0.900 bits per heavy atom. The Labute approximate surface area is 177 Å². The first-order valence-corrected chi connectivity index (χ1v) is 11.2. The van der Waals surface area contributed by atoms with Crippen molar-refractivity contribution in [1.82, 2.24) is 0 Å². The highest BCUT2D eigenvalue weighted by atomic mass is 32.2. The third-order valence-electron chi connectivity index (χ3n) is 4.94. The van der Waals surface area contributed by atoms with E-state index in [9.17, 15) is 13.2 Å². The molecule has 0 aliphatic carbocycles. The molecule has 1 amide bonds. The van der Waals surface area contributed by atoms with Crippen molar-refractivity contribution in [2.24, 2.45) is 5.14 Å². The molecular formula is C23H26N3O3S+. The van der Waals surface area contributed by atoms with Crippen molar-refractivity contribution in [3.05, 3.63) is 95.6 Å². The second kappa shape index (κ2) is 9.21. The predicted octanol–water partition coefficient (Wildman–Crippen LogP) is 2.32. The van der Waals surface area contributed by atoms with Crippen molar-refractivity contribution >= 4 is 21.6 Å². The zero-order valence-electron chi connectivity index (χ0n) is 16.9. The van der Waals surface area contributed by atoms with Crippen molar-refractivity contribution in [1.29, 1.82) is 0 Å². The molecule has 7 heteroatoms. The monoisotopic (exact) mass is 424 g/mol.